The lowest BCUT2D eigenvalue weighted by Crippen LogP contribution is -2.45. The maximum absolute atomic E-state index is 9.37. The third-order valence-electron chi connectivity index (χ3n) is 10.2. The summed E-state index contributed by atoms with van der Waals surface area (Å²) in [6, 6.07) is 0. The molecule has 170 valence electrons. The second-order valence-corrected chi connectivity index (χ2v) is 11.8. The molecular weight excluding hydrogens is 372 g/mol. The summed E-state index contributed by atoms with van der Waals surface area (Å²) in [7, 11) is 0. The number of hydrogen-bond donors (Lipinski definition) is 3. The van der Waals surface area contributed by atoms with E-state index in [0.717, 1.165) is 30.6 Å². The molecule has 0 aromatic rings. The molecule has 3 fully saturated rings. The molecule has 3 saturated carbocycles. The van der Waals surface area contributed by atoms with Gasteiger partial charge >= 0.3 is 0 Å². The van der Waals surface area contributed by atoms with E-state index in [2.05, 4.69) is 32.9 Å². The minimum Gasteiger partial charge on any atom is -0.343 e. The second-order valence-electron chi connectivity index (χ2n) is 11.8. The molecule has 7 atom stereocenters. The molecule has 0 aliphatic heterocycles. The molecule has 3 N–H and O–H groups in total. The van der Waals surface area contributed by atoms with Crippen LogP contribution in [-0.4, -0.2) is 21.3 Å². The molecular formula is C27H44O3. The quantitative estimate of drug-likeness (QED) is 0.469. The van der Waals surface area contributed by atoms with Gasteiger partial charge in [0, 0.05) is 5.92 Å². The Bertz CT molecular complexity index is 701. The molecule has 4 aliphatic rings. The average Bonchev–Trinajstić information content (AvgIpc) is 3.04. The summed E-state index contributed by atoms with van der Waals surface area (Å²) in [5.74, 6) is -0.115. The summed E-state index contributed by atoms with van der Waals surface area (Å²) in [6.07, 6.45) is 18.6. The van der Waals surface area contributed by atoms with Crippen LogP contribution in [0.15, 0.2) is 23.3 Å². The van der Waals surface area contributed by atoms with Crippen molar-refractivity contribution in [1.82, 2.24) is 0 Å². The minimum absolute atomic E-state index is 0.415. The summed E-state index contributed by atoms with van der Waals surface area (Å²) in [6.45, 7) is 9.27. The van der Waals surface area contributed by atoms with Crippen molar-refractivity contribution in [1.29, 1.82) is 0 Å². The van der Waals surface area contributed by atoms with Crippen LogP contribution in [-0.2, 0) is 0 Å². The zero-order chi connectivity index (χ0) is 21.7. The first-order valence-electron chi connectivity index (χ1n) is 12.7. The molecule has 0 aromatic carbocycles. The normalized spacial score (nSPS) is 40.6. The molecule has 3 nitrogen and oxygen atoms in total. The van der Waals surface area contributed by atoms with Gasteiger partial charge in [0.2, 0.25) is 0 Å². The van der Waals surface area contributed by atoms with E-state index < -0.39 is 11.9 Å². The number of allylic oxidation sites excluding steroid dienone is 4. The van der Waals surface area contributed by atoms with Crippen LogP contribution in [0, 0.1) is 40.4 Å². The van der Waals surface area contributed by atoms with Crippen LogP contribution in [0.5, 0.6) is 0 Å². The van der Waals surface area contributed by atoms with Gasteiger partial charge in [0.15, 0.2) is 0 Å². The van der Waals surface area contributed by atoms with Crippen molar-refractivity contribution in [2.45, 2.75) is 104 Å². The maximum atomic E-state index is 9.37. The van der Waals surface area contributed by atoms with Gasteiger partial charge in [-0.1, -0.05) is 70.3 Å². The van der Waals surface area contributed by atoms with Gasteiger partial charge in [-0.3, -0.25) is 0 Å². The lowest BCUT2D eigenvalue weighted by Gasteiger charge is -2.54. The summed E-state index contributed by atoms with van der Waals surface area (Å²) in [4.78, 5) is 0. The third kappa shape index (κ3) is 3.73. The molecule has 0 spiro atoms. The Morgan fingerprint density at radius 1 is 0.967 bits per heavy atom. The Labute approximate surface area is 183 Å². The van der Waals surface area contributed by atoms with Crippen molar-refractivity contribution >= 4 is 0 Å². The van der Waals surface area contributed by atoms with Crippen molar-refractivity contribution < 1.29 is 15.3 Å². The first-order valence-corrected chi connectivity index (χ1v) is 12.7. The lowest BCUT2D eigenvalue weighted by atomic mass is 9.50. The highest BCUT2D eigenvalue weighted by Crippen LogP contribution is 2.66. The minimum atomic E-state index is -2.54. The van der Waals surface area contributed by atoms with Crippen LogP contribution >= 0.6 is 0 Å². The second kappa shape index (κ2) is 8.05. The Hall–Kier alpha value is -0.640. The van der Waals surface area contributed by atoms with E-state index in [9.17, 15) is 15.3 Å². The molecule has 30 heavy (non-hydrogen) atoms. The average molecular weight is 417 g/mol. The first-order chi connectivity index (χ1) is 14.1. The van der Waals surface area contributed by atoms with Crippen LogP contribution in [0.3, 0.4) is 0 Å². The van der Waals surface area contributed by atoms with Crippen molar-refractivity contribution in [3.05, 3.63) is 23.3 Å². The van der Waals surface area contributed by atoms with Crippen LogP contribution in [0.4, 0.5) is 0 Å². The Morgan fingerprint density at radius 3 is 2.47 bits per heavy atom. The molecule has 0 saturated heterocycles. The molecule has 0 aromatic heterocycles. The smallest absolute Gasteiger partial charge is 0.277 e. The standard InChI is InChI=1S/C27H44O3/c1-18(8-7-9-19(2)27(28,29)30)22-13-14-23-21-12-11-20-10-5-6-16-25(20,3)24(21)15-17-26(22,23)4/h11-12,18-19,22-24,28-30H,5-10,13-17H2,1-4H3/t18-,19-,22-,23+,24+,25+,26-/m1/s1. The van der Waals surface area contributed by atoms with Crippen molar-refractivity contribution in [2.75, 3.05) is 0 Å². The molecule has 0 unspecified atom stereocenters. The lowest BCUT2D eigenvalue weighted by molar-refractivity contribution is -0.340. The van der Waals surface area contributed by atoms with Crippen LogP contribution in [0.25, 0.3) is 0 Å². The molecule has 0 bridgehead atoms. The van der Waals surface area contributed by atoms with Crippen molar-refractivity contribution in [2.24, 2.45) is 40.4 Å². The van der Waals surface area contributed by atoms with E-state index in [4.69, 9.17) is 0 Å². The number of hydrogen-bond acceptors (Lipinski definition) is 3. The topological polar surface area (TPSA) is 60.7 Å². The van der Waals surface area contributed by atoms with E-state index in [1.807, 2.05) is 0 Å². The molecule has 4 aliphatic carbocycles. The molecule has 0 radical (unpaired) electrons. The van der Waals surface area contributed by atoms with Gasteiger partial charge in [-0.05, 0) is 85.9 Å². The Morgan fingerprint density at radius 2 is 1.73 bits per heavy atom. The summed E-state index contributed by atoms with van der Waals surface area (Å²) in [5.41, 5.74) is 4.36. The van der Waals surface area contributed by atoms with Gasteiger partial charge in [-0.2, -0.15) is 0 Å². The highest BCUT2D eigenvalue weighted by Gasteiger charge is 2.56. The molecule has 0 heterocycles. The van der Waals surface area contributed by atoms with E-state index in [1.165, 1.54) is 51.4 Å². The van der Waals surface area contributed by atoms with Gasteiger partial charge in [0.1, 0.15) is 0 Å². The number of rotatable bonds is 6. The predicted molar refractivity (Wildman–Crippen MR) is 121 cm³/mol. The fraction of sp³-hybridized carbons (Fsp3) is 0.852. The molecule has 4 rings (SSSR count). The Balaban J connectivity index is 1.45. The largest absolute Gasteiger partial charge is 0.343 e. The van der Waals surface area contributed by atoms with Gasteiger partial charge in [0.05, 0.1) is 0 Å². The third-order valence-corrected chi connectivity index (χ3v) is 10.2. The van der Waals surface area contributed by atoms with E-state index in [0.29, 0.717) is 23.2 Å². The SMILES string of the molecule is C[C@H](CCC[C@@H](C)C(O)(O)O)[C@H]1CC[C@H]2C3=CC=C4CCCC[C@]4(C)[C@H]3CC[C@]12C. The zero-order valence-electron chi connectivity index (χ0n) is 19.7. The van der Waals surface area contributed by atoms with Gasteiger partial charge < -0.3 is 15.3 Å². The van der Waals surface area contributed by atoms with Crippen LogP contribution in [0.1, 0.15) is 98.3 Å². The monoisotopic (exact) mass is 416 g/mol. The van der Waals surface area contributed by atoms with E-state index in [-0.39, 0.29) is 0 Å². The first kappa shape index (κ1) is 22.6. The number of aliphatic hydroxyl groups is 3. The Kier molecular flexibility index (Phi) is 6.05. The van der Waals surface area contributed by atoms with E-state index >= 15 is 0 Å². The fourth-order valence-electron chi connectivity index (χ4n) is 8.15. The molecule has 0 amide bonds. The number of fused-ring (bicyclic) bond motifs is 5. The van der Waals surface area contributed by atoms with Crippen LogP contribution < -0.4 is 0 Å². The summed E-state index contributed by atoms with van der Waals surface area (Å²) < 4.78 is 0. The summed E-state index contributed by atoms with van der Waals surface area (Å²) in [5, 5.41) is 28.1. The van der Waals surface area contributed by atoms with E-state index in [1.54, 1.807) is 18.1 Å². The van der Waals surface area contributed by atoms with Crippen LogP contribution in [0.2, 0.25) is 0 Å². The highest BCUT2D eigenvalue weighted by atomic mass is 16.7. The van der Waals surface area contributed by atoms with Gasteiger partial charge in [0.25, 0.3) is 5.97 Å². The van der Waals surface area contributed by atoms with Crippen molar-refractivity contribution in [3.8, 4) is 0 Å². The summed E-state index contributed by atoms with van der Waals surface area (Å²) >= 11 is 0. The fourth-order valence-corrected chi connectivity index (χ4v) is 8.15. The highest BCUT2D eigenvalue weighted by molar-refractivity contribution is 5.38. The maximum Gasteiger partial charge on any atom is 0.277 e. The van der Waals surface area contributed by atoms with Gasteiger partial charge in [-0.15, -0.1) is 0 Å². The predicted octanol–water partition coefficient (Wildman–Crippen LogP) is 5.95. The molecule has 3 heteroatoms. The van der Waals surface area contributed by atoms with Gasteiger partial charge in [-0.25, -0.2) is 0 Å². The van der Waals surface area contributed by atoms with Crippen molar-refractivity contribution in [3.63, 3.8) is 0 Å². The zero-order valence-corrected chi connectivity index (χ0v) is 19.7.